The first-order valence-corrected chi connectivity index (χ1v) is 12.8. The van der Waals surface area contributed by atoms with Gasteiger partial charge in [0.25, 0.3) is 5.56 Å². The van der Waals surface area contributed by atoms with Gasteiger partial charge in [-0.1, -0.05) is 11.3 Å². The maximum atomic E-state index is 13.8. The van der Waals surface area contributed by atoms with E-state index >= 15 is 0 Å². The number of hydrogen-bond donors (Lipinski definition) is 1. The van der Waals surface area contributed by atoms with Crippen molar-refractivity contribution in [3.8, 4) is 23.0 Å². The van der Waals surface area contributed by atoms with Gasteiger partial charge in [-0.3, -0.25) is 9.36 Å². The number of phenolic OH excluding ortho intramolecular Hbond substituents is 1. The smallest absolute Gasteiger partial charge is 0.338 e. The summed E-state index contributed by atoms with van der Waals surface area (Å²) in [7, 11) is 4.50. The summed E-state index contributed by atoms with van der Waals surface area (Å²) in [6, 6.07) is 7.64. The normalized spacial score (nSPS) is 15.2. The SMILES string of the molecule is CCOC(=O)C1=C(C)N=c2sc(=Cc3cc(Br)c(O)c(OC)c3)c(=O)n2C1c1cc(OC)ccc1OC. The van der Waals surface area contributed by atoms with Crippen LogP contribution in [0.4, 0.5) is 0 Å². The maximum absolute atomic E-state index is 13.8. The standard InChI is InChI=1S/C26H25BrN2O7S/c1-6-36-25(32)21-13(2)28-26-29(22(21)16-12-15(33-3)7-8-18(16)34-4)24(31)20(37-26)11-14-9-17(27)23(30)19(10-14)35-5/h7-12,22,30H,6H2,1-5H3. The number of allylic oxidation sites excluding steroid dienone is 1. The number of halogens is 1. The second-order valence-electron chi connectivity index (χ2n) is 7.96. The molecular weight excluding hydrogens is 564 g/mol. The van der Waals surface area contributed by atoms with Gasteiger partial charge < -0.3 is 24.1 Å². The van der Waals surface area contributed by atoms with E-state index in [2.05, 4.69) is 20.9 Å². The summed E-state index contributed by atoms with van der Waals surface area (Å²) in [5.41, 5.74) is 1.51. The van der Waals surface area contributed by atoms with Gasteiger partial charge in [0, 0.05) is 5.56 Å². The van der Waals surface area contributed by atoms with E-state index in [0.29, 0.717) is 42.1 Å². The summed E-state index contributed by atoms with van der Waals surface area (Å²) in [4.78, 5) is 32.0. The van der Waals surface area contributed by atoms with Gasteiger partial charge in [0.15, 0.2) is 16.3 Å². The molecule has 0 saturated carbocycles. The fourth-order valence-electron chi connectivity index (χ4n) is 4.12. The van der Waals surface area contributed by atoms with Gasteiger partial charge >= 0.3 is 5.97 Å². The molecule has 1 aliphatic heterocycles. The lowest BCUT2D eigenvalue weighted by atomic mass is 9.94. The highest BCUT2D eigenvalue weighted by molar-refractivity contribution is 9.10. The Hall–Kier alpha value is -3.57. The number of aromatic nitrogens is 1. The Kier molecular flexibility index (Phi) is 7.74. The number of esters is 1. The quantitative estimate of drug-likeness (QED) is 0.422. The topological polar surface area (TPSA) is 109 Å². The van der Waals surface area contributed by atoms with Crippen LogP contribution in [-0.4, -0.2) is 43.6 Å². The molecule has 3 aromatic rings. The van der Waals surface area contributed by atoms with E-state index in [-0.39, 0.29) is 29.2 Å². The predicted molar refractivity (Wildman–Crippen MR) is 142 cm³/mol. The van der Waals surface area contributed by atoms with Gasteiger partial charge in [0.2, 0.25) is 0 Å². The van der Waals surface area contributed by atoms with Crippen molar-refractivity contribution in [2.75, 3.05) is 27.9 Å². The molecule has 9 nitrogen and oxygen atoms in total. The molecule has 1 atom stereocenters. The van der Waals surface area contributed by atoms with E-state index in [0.717, 1.165) is 0 Å². The number of rotatable bonds is 7. The maximum Gasteiger partial charge on any atom is 0.338 e. The van der Waals surface area contributed by atoms with Crippen LogP contribution < -0.4 is 29.1 Å². The minimum absolute atomic E-state index is 0.0408. The van der Waals surface area contributed by atoms with Crippen molar-refractivity contribution in [2.45, 2.75) is 19.9 Å². The van der Waals surface area contributed by atoms with E-state index in [4.69, 9.17) is 18.9 Å². The molecule has 37 heavy (non-hydrogen) atoms. The Balaban J connectivity index is 2.01. The van der Waals surface area contributed by atoms with Crippen molar-refractivity contribution in [2.24, 2.45) is 4.99 Å². The highest BCUT2D eigenvalue weighted by Crippen LogP contribution is 2.38. The molecule has 1 aliphatic rings. The number of benzene rings is 2. The Labute approximate surface area is 225 Å². The zero-order valence-electron chi connectivity index (χ0n) is 20.8. The Morgan fingerprint density at radius 2 is 1.89 bits per heavy atom. The van der Waals surface area contributed by atoms with Crippen molar-refractivity contribution >= 4 is 39.3 Å². The van der Waals surface area contributed by atoms with Gasteiger partial charge in [-0.25, -0.2) is 9.79 Å². The molecule has 4 rings (SSSR count). The van der Waals surface area contributed by atoms with Crippen molar-refractivity contribution in [1.82, 2.24) is 4.57 Å². The molecule has 0 aliphatic carbocycles. The molecule has 0 radical (unpaired) electrons. The van der Waals surface area contributed by atoms with Crippen LogP contribution in [0.5, 0.6) is 23.0 Å². The minimum atomic E-state index is -0.858. The first kappa shape index (κ1) is 26.5. The zero-order chi connectivity index (χ0) is 26.9. The van der Waals surface area contributed by atoms with E-state index in [1.807, 2.05) is 0 Å². The van der Waals surface area contributed by atoms with Crippen LogP contribution in [0.1, 0.15) is 31.0 Å². The lowest BCUT2D eigenvalue weighted by Crippen LogP contribution is -2.40. The molecule has 2 aromatic carbocycles. The first-order chi connectivity index (χ1) is 17.7. The summed E-state index contributed by atoms with van der Waals surface area (Å²) in [5, 5.41) is 10.1. The van der Waals surface area contributed by atoms with Crippen LogP contribution in [-0.2, 0) is 9.53 Å². The molecule has 1 unspecified atom stereocenters. The van der Waals surface area contributed by atoms with Crippen LogP contribution in [0.3, 0.4) is 0 Å². The van der Waals surface area contributed by atoms with Crippen molar-refractivity contribution in [3.05, 3.63) is 76.9 Å². The lowest BCUT2D eigenvalue weighted by Gasteiger charge is -2.26. The number of phenols is 1. The minimum Gasteiger partial charge on any atom is -0.503 e. The number of thiazole rings is 1. The fraction of sp³-hybridized carbons (Fsp3) is 0.269. The van der Waals surface area contributed by atoms with Crippen LogP contribution in [0, 0.1) is 0 Å². The van der Waals surface area contributed by atoms with Crippen LogP contribution in [0.15, 0.2) is 55.9 Å². The monoisotopic (exact) mass is 588 g/mol. The molecule has 0 fully saturated rings. The third-order valence-corrected chi connectivity index (χ3v) is 7.40. The van der Waals surface area contributed by atoms with Gasteiger partial charge in [-0.05, 0) is 71.7 Å². The van der Waals surface area contributed by atoms with Crippen LogP contribution in [0.2, 0.25) is 0 Å². The van der Waals surface area contributed by atoms with Gasteiger partial charge in [-0.2, -0.15) is 0 Å². The second kappa shape index (κ2) is 10.8. The summed E-state index contributed by atoms with van der Waals surface area (Å²) in [6.45, 7) is 3.60. The summed E-state index contributed by atoms with van der Waals surface area (Å²) in [6.07, 6.45) is 1.68. The molecule has 0 bridgehead atoms. The number of fused-ring (bicyclic) bond motifs is 1. The number of hydrogen-bond acceptors (Lipinski definition) is 9. The number of nitrogens with zero attached hydrogens (tertiary/aromatic N) is 2. The fourth-order valence-corrected chi connectivity index (χ4v) is 5.63. The van der Waals surface area contributed by atoms with Crippen molar-refractivity contribution in [3.63, 3.8) is 0 Å². The number of methoxy groups -OCH3 is 3. The predicted octanol–water partition coefficient (Wildman–Crippen LogP) is 3.29. The van der Waals surface area contributed by atoms with E-state index < -0.39 is 12.0 Å². The molecule has 2 heterocycles. The second-order valence-corrected chi connectivity index (χ2v) is 9.83. The molecule has 11 heteroatoms. The van der Waals surface area contributed by atoms with E-state index in [9.17, 15) is 14.7 Å². The van der Waals surface area contributed by atoms with Gasteiger partial charge in [0.1, 0.15) is 17.5 Å². The number of carbonyl (C=O) groups excluding carboxylic acids is 1. The van der Waals surface area contributed by atoms with Gasteiger partial charge in [-0.15, -0.1) is 0 Å². The molecule has 1 N–H and O–H groups in total. The van der Waals surface area contributed by atoms with Crippen molar-refractivity contribution in [1.29, 1.82) is 0 Å². The molecular formula is C26H25BrN2O7S. The van der Waals surface area contributed by atoms with E-state index in [1.54, 1.807) is 50.3 Å². The molecule has 194 valence electrons. The van der Waals surface area contributed by atoms with E-state index in [1.165, 1.54) is 37.2 Å². The average Bonchev–Trinajstić information content (AvgIpc) is 3.18. The molecule has 0 spiro atoms. The van der Waals surface area contributed by atoms with Crippen molar-refractivity contribution < 1.29 is 28.8 Å². The number of aromatic hydroxyl groups is 1. The Morgan fingerprint density at radius 1 is 1.16 bits per heavy atom. The summed E-state index contributed by atoms with van der Waals surface area (Å²) >= 11 is 4.49. The highest BCUT2D eigenvalue weighted by Gasteiger charge is 2.35. The molecule has 0 amide bonds. The largest absolute Gasteiger partial charge is 0.503 e. The molecule has 1 aromatic heterocycles. The molecule has 0 saturated heterocycles. The third kappa shape index (κ3) is 4.88. The summed E-state index contributed by atoms with van der Waals surface area (Å²) < 4.78 is 23.9. The van der Waals surface area contributed by atoms with Gasteiger partial charge in [0.05, 0.1) is 48.2 Å². The highest BCUT2D eigenvalue weighted by atomic mass is 79.9. The Bertz CT molecular complexity index is 1590. The number of carbonyl (C=O) groups is 1. The van der Waals surface area contributed by atoms with Crippen LogP contribution >= 0.6 is 27.3 Å². The van der Waals surface area contributed by atoms with Crippen LogP contribution in [0.25, 0.3) is 6.08 Å². The third-order valence-electron chi connectivity index (χ3n) is 5.82. The number of ether oxygens (including phenoxy) is 4. The summed E-state index contributed by atoms with van der Waals surface area (Å²) in [5.74, 6) is 0.662. The lowest BCUT2D eigenvalue weighted by molar-refractivity contribution is -0.139. The average molecular weight is 589 g/mol. The first-order valence-electron chi connectivity index (χ1n) is 11.2. The zero-order valence-corrected chi connectivity index (χ0v) is 23.2. The Morgan fingerprint density at radius 3 is 2.54 bits per heavy atom.